The predicted molar refractivity (Wildman–Crippen MR) is 71.2 cm³/mol. The summed E-state index contributed by atoms with van der Waals surface area (Å²) in [6.45, 7) is 4.95. The molecule has 2 nitrogen and oxygen atoms in total. The summed E-state index contributed by atoms with van der Waals surface area (Å²) < 4.78 is 5.57. The van der Waals surface area contributed by atoms with Crippen molar-refractivity contribution in [1.29, 1.82) is 0 Å². The van der Waals surface area contributed by atoms with Crippen molar-refractivity contribution in [3.8, 4) is 5.75 Å². The Morgan fingerprint density at radius 3 is 2.35 bits per heavy atom. The van der Waals surface area contributed by atoms with Gasteiger partial charge < -0.3 is 9.84 Å². The molecule has 0 bridgehead atoms. The molecule has 0 aliphatic carbocycles. The minimum atomic E-state index is -0.233. The van der Waals surface area contributed by atoms with Crippen molar-refractivity contribution in [3.63, 3.8) is 0 Å². The van der Waals surface area contributed by atoms with Gasteiger partial charge in [0.15, 0.2) is 0 Å². The Labute approximate surface area is 105 Å². The second kappa shape index (κ2) is 8.13. The number of aliphatic hydroxyl groups excluding tert-OH is 1. The first-order chi connectivity index (χ1) is 8.26. The zero-order valence-corrected chi connectivity index (χ0v) is 10.9. The molecule has 1 N–H and O–H groups in total. The van der Waals surface area contributed by atoms with Crippen LogP contribution in [0.2, 0.25) is 0 Å². The highest BCUT2D eigenvalue weighted by Gasteiger charge is 2.11. The van der Waals surface area contributed by atoms with Crippen LogP contribution in [0.25, 0.3) is 0 Å². The maximum absolute atomic E-state index is 9.88. The van der Waals surface area contributed by atoms with Gasteiger partial charge in [-0.2, -0.15) is 0 Å². The Kier molecular flexibility index (Phi) is 6.71. The van der Waals surface area contributed by atoms with Crippen molar-refractivity contribution < 1.29 is 9.84 Å². The fourth-order valence-corrected chi connectivity index (χ4v) is 1.95. The summed E-state index contributed by atoms with van der Waals surface area (Å²) >= 11 is 0. The number of ether oxygens (including phenoxy) is 1. The molecule has 96 valence electrons. The molecule has 1 aromatic carbocycles. The monoisotopic (exact) mass is 236 g/mol. The summed E-state index contributed by atoms with van der Waals surface area (Å²) in [5.74, 6) is 1.52. The summed E-state index contributed by atoms with van der Waals surface area (Å²) in [5, 5.41) is 9.88. The van der Waals surface area contributed by atoms with Gasteiger partial charge in [-0.05, 0) is 24.5 Å². The van der Waals surface area contributed by atoms with Crippen molar-refractivity contribution in [1.82, 2.24) is 0 Å². The third-order valence-corrected chi connectivity index (χ3v) is 3.22. The number of hydrogen-bond donors (Lipinski definition) is 1. The quantitative estimate of drug-likeness (QED) is 0.746. The first kappa shape index (κ1) is 14.0. The molecule has 1 atom stereocenters. The van der Waals surface area contributed by atoms with Gasteiger partial charge in [-0.3, -0.25) is 0 Å². The molecule has 0 fully saturated rings. The average Bonchev–Trinajstić information content (AvgIpc) is 2.37. The van der Waals surface area contributed by atoms with E-state index in [-0.39, 0.29) is 6.10 Å². The summed E-state index contributed by atoms with van der Waals surface area (Å²) in [4.78, 5) is 0. The molecule has 1 aromatic rings. The van der Waals surface area contributed by atoms with Gasteiger partial charge in [-0.25, -0.2) is 0 Å². The van der Waals surface area contributed by atoms with Gasteiger partial charge in [-0.1, -0.05) is 44.9 Å². The van der Waals surface area contributed by atoms with Crippen LogP contribution in [0.15, 0.2) is 30.3 Å². The Morgan fingerprint density at radius 1 is 1.12 bits per heavy atom. The molecule has 0 aromatic heterocycles. The van der Waals surface area contributed by atoms with Gasteiger partial charge >= 0.3 is 0 Å². The van der Waals surface area contributed by atoms with Crippen LogP contribution in [0.4, 0.5) is 0 Å². The lowest BCUT2D eigenvalue weighted by atomic mass is 9.95. The van der Waals surface area contributed by atoms with Crippen LogP contribution >= 0.6 is 0 Å². The maximum atomic E-state index is 9.88. The highest BCUT2D eigenvalue weighted by molar-refractivity contribution is 5.20. The van der Waals surface area contributed by atoms with Gasteiger partial charge in [0.25, 0.3) is 0 Å². The molecular weight excluding hydrogens is 212 g/mol. The summed E-state index contributed by atoms with van der Waals surface area (Å²) in [7, 11) is 0. The van der Waals surface area contributed by atoms with E-state index in [4.69, 9.17) is 4.74 Å². The average molecular weight is 236 g/mol. The number of rotatable bonds is 8. The summed E-state index contributed by atoms with van der Waals surface area (Å²) in [6.07, 6.45) is 3.67. The number of benzene rings is 1. The first-order valence-electron chi connectivity index (χ1n) is 6.62. The van der Waals surface area contributed by atoms with Crippen molar-refractivity contribution in [3.05, 3.63) is 30.3 Å². The lowest BCUT2D eigenvalue weighted by molar-refractivity contribution is 0.111. The Bertz CT molecular complexity index is 280. The minimum absolute atomic E-state index is 0.233. The standard InChI is InChI=1S/C15H24O2/c1-3-13(4-2)12-14(16)10-11-17-15-8-6-5-7-9-15/h5-9,13-14,16H,3-4,10-12H2,1-2H3. The van der Waals surface area contributed by atoms with E-state index in [0.29, 0.717) is 18.9 Å². The number of aliphatic hydroxyl groups is 1. The van der Waals surface area contributed by atoms with E-state index in [1.54, 1.807) is 0 Å². The number of hydrogen-bond acceptors (Lipinski definition) is 2. The maximum Gasteiger partial charge on any atom is 0.119 e. The van der Waals surface area contributed by atoms with E-state index in [1.807, 2.05) is 30.3 Å². The lowest BCUT2D eigenvalue weighted by Gasteiger charge is -2.17. The molecular formula is C15H24O2. The Hall–Kier alpha value is -1.02. The molecule has 1 rings (SSSR count). The summed E-state index contributed by atoms with van der Waals surface area (Å²) in [5.41, 5.74) is 0. The second-order valence-electron chi connectivity index (χ2n) is 4.52. The van der Waals surface area contributed by atoms with Crippen molar-refractivity contribution in [2.45, 2.75) is 45.6 Å². The van der Waals surface area contributed by atoms with Crippen molar-refractivity contribution in [2.24, 2.45) is 5.92 Å². The fourth-order valence-electron chi connectivity index (χ4n) is 1.95. The van der Waals surface area contributed by atoms with Gasteiger partial charge in [0.05, 0.1) is 12.7 Å². The van der Waals surface area contributed by atoms with E-state index in [1.165, 1.54) is 0 Å². The molecule has 0 amide bonds. The zero-order chi connectivity index (χ0) is 12.5. The third-order valence-electron chi connectivity index (χ3n) is 3.22. The highest BCUT2D eigenvalue weighted by Crippen LogP contribution is 2.17. The Balaban J connectivity index is 2.18. The molecule has 0 radical (unpaired) electrons. The van der Waals surface area contributed by atoms with Crippen LogP contribution in [0.5, 0.6) is 5.75 Å². The highest BCUT2D eigenvalue weighted by atomic mass is 16.5. The van der Waals surface area contributed by atoms with Crippen LogP contribution in [0.1, 0.15) is 39.5 Å². The molecule has 0 aliphatic heterocycles. The first-order valence-corrected chi connectivity index (χ1v) is 6.62. The van der Waals surface area contributed by atoms with E-state index < -0.39 is 0 Å². The predicted octanol–water partition coefficient (Wildman–Crippen LogP) is 3.64. The van der Waals surface area contributed by atoms with Gasteiger partial charge in [0.1, 0.15) is 5.75 Å². The number of para-hydroxylation sites is 1. The normalized spacial score (nSPS) is 12.7. The molecule has 0 heterocycles. The van der Waals surface area contributed by atoms with Crippen LogP contribution in [-0.4, -0.2) is 17.8 Å². The van der Waals surface area contributed by atoms with Crippen LogP contribution in [0.3, 0.4) is 0 Å². The van der Waals surface area contributed by atoms with E-state index in [9.17, 15) is 5.11 Å². The molecule has 0 aliphatic rings. The smallest absolute Gasteiger partial charge is 0.119 e. The fraction of sp³-hybridized carbons (Fsp3) is 0.600. The lowest BCUT2D eigenvalue weighted by Crippen LogP contribution is -2.16. The summed E-state index contributed by atoms with van der Waals surface area (Å²) in [6, 6.07) is 9.75. The van der Waals surface area contributed by atoms with E-state index >= 15 is 0 Å². The van der Waals surface area contributed by atoms with Crippen molar-refractivity contribution >= 4 is 0 Å². The molecule has 1 unspecified atom stereocenters. The van der Waals surface area contributed by atoms with Crippen LogP contribution < -0.4 is 4.74 Å². The molecule has 0 saturated heterocycles. The van der Waals surface area contributed by atoms with Gasteiger partial charge in [-0.15, -0.1) is 0 Å². The van der Waals surface area contributed by atoms with Crippen LogP contribution in [-0.2, 0) is 0 Å². The SMILES string of the molecule is CCC(CC)CC(O)CCOc1ccccc1. The van der Waals surface area contributed by atoms with Gasteiger partial charge in [0.2, 0.25) is 0 Å². The minimum Gasteiger partial charge on any atom is -0.493 e. The topological polar surface area (TPSA) is 29.5 Å². The molecule has 0 spiro atoms. The van der Waals surface area contributed by atoms with E-state index in [0.717, 1.165) is 25.0 Å². The third kappa shape index (κ3) is 5.73. The molecule has 17 heavy (non-hydrogen) atoms. The molecule has 0 saturated carbocycles. The zero-order valence-electron chi connectivity index (χ0n) is 10.9. The molecule has 2 heteroatoms. The van der Waals surface area contributed by atoms with Gasteiger partial charge in [0, 0.05) is 6.42 Å². The van der Waals surface area contributed by atoms with Crippen molar-refractivity contribution in [2.75, 3.05) is 6.61 Å². The van der Waals surface area contributed by atoms with E-state index in [2.05, 4.69) is 13.8 Å². The Morgan fingerprint density at radius 2 is 1.76 bits per heavy atom. The second-order valence-corrected chi connectivity index (χ2v) is 4.52. The largest absolute Gasteiger partial charge is 0.493 e. The van der Waals surface area contributed by atoms with Crippen LogP contribution in [0, 0.1) is 5.92 Å².